The van der Waals surface area contributed by atoms with Crippen LogP contribution in [0.1, 0.15) is 58.1 Å². The van der Waals surface area contributed by atoms with E-state index in [-0.39, 0.29) is 5.91 Å². The number of aryl methyl sites for hydroxylation is 1. The molecular formula is C28H37N3O3. The number of carbonyl (C=O) groups excluding carboxylic acids is 2. The van der Waals surface area contributed by atoms with E-state index in [9.17, 15) is 9.59 Å². The average Bonchev–Trinajstić information content (AvgIpc) is 3.21. The Morgan fingerprint density at radius 3 is 2.41 bits per heavy atom. The first-order chi connectivity index (χ1) is 16.2. The number of aromatic amines is 1. The van der Waals surface area contributed by atoms with Gasteiger partial charge < -0.3 is 20.4 Å². The molecule has 1 aromatic heterocycles. The molecular weight excluding hydrogens is 426 g/mol. The summed E-state index contributed by atoms with van der Waals surface area (Å²) in [5.74, 6) is -0.219. The van der Waals surface area contributed by atoms with Crippen molar-refractivity contribution in [2.75, 3.05) is 6.54 Å². The molecule has 3 rings (SSSR count). The molecule has 6 nitrogen and oxygen atoms in total. The van der Waals surface area contributed by atoms with Gasteiger partial charge in [-0.25, -0.2) is 4.79 Å². The number of rotatable bonds is 11. The molecule has 0 bridgehead atoms. The van der Waals surface area contributed by atoms with Crippen molar-refractivity contribution < 1.29 is 14.3 Å². The van der Waals surface area contributed by atoms with Gasteiger partial charge >= 0.3 is 6.09 Å². The van der Waals surface area contributed by atoms with Gasteiger partial charge in [0, 0.05) is 30.1 Å². The molecule has 0 radical (unpaired) electrons. The SMILES string of the molecule is CCC(C)(C)OC(=O)NC(C)(Cc1c[nH]c2ccccc12)C(=O)NCCCCc1ccccc1. The van der Waals surface area contributed by atoms with E-state index in [0.717, 1.165) is 35.7 Å². The second-order valence-corrected chi connectivity index (χ2v) is 9.69. The molecule has 1 heterocycles. The molecule has 0 aliphatic heterocycles. The van der Waals surface area contributed by atoms with Gasteiger partial charge in [-0.15, -0.1) is 0 Å². The number of hydrogen-bond donors (Lipinski definition) is 3. The fraction of sp³-hybridized carbons (Fsp3) is 0.429. The van der Waals surface area contributed by atoms with Crippen LogP contribution < -0.4 is 10.6 Å². The lowest BCUT2D eigenvalue weighted by molar-refractivity contribution is -0.127. The van der Waals surface area contributed by atoms with Gasteiger partial charge in [-0.2, -0.15) is 0 Å². The normalized spacial score (nSPS) is 13.3. The monoisotopic (exact) mass is 463 g/mol. The summed E-state index contributed by atoms with van der Waals surface area (Å²) in [7, 11) is 0. The van der Waals surface area contributed by atoms with Crippen LogP contribution in [0.25, 0.3) is 10.9 Å². The summed E-state index contributed by atoms with van der Waals surface area (Å²) in [6.07, 6.45) is 5.13. The number of carbonyl (C=O) groups is 2. The first-order valence-electron chi connectivity index (χ1n) is 12.1. The number of alkyl carbamates (subject to hydrolysis) is 1. The lowest BCUT2D eigenvalue weighted by atomic mass is 9.91. The number of amides is 2. The van der Waals surface area contributed by atoms with Gasteiger partial charge in [-0.1, -0.05) is 55.5 Å². The summed E-state index contributed by atoms with van der Waals surface area (Å²) < 4.78 is 5.59. The lowest BCUT2D eigenvalue weighted by Crippen LogP contribution is -2.59. The first kappa shape index (κ1) is 25.3. The summed E-state index contributed by atoms with van der Waals surface area (Å²) in [6, 6.07) is 18.3. The van der Waals surface area contributed by atoms with E-state index in [0.29, 0.717) is 19.4 Å². The van der Waals surface area contributed by atoms with Crippen LogP contribution >= 0.6 is 0 Å². The van der Waals surface area contributed by atoms with Crippen LogP contribution in [0.2, 0.25) is 0 Å². The van der Waals surface area contributed by atoms with E-state index >= 15 is 0 Å². The Kier molecular flexibility index (Phi) is 8.37. The number of H-pyrrole nitrogens is 1. The van der Waals surface area contributed by atoms with Gasteiger partial charge in [0.1, 0.15) is 11.1 Å². The second-order valence-electron chi connectivity index (χ2n) is 9.69. The largest absolute Gasteiger partial charge is 0.444 e. The Hall–Kier alpha value is -3.28. The number of para-hydroxylation sites is 1. The number of benzene rings is 2. The van der Waals surface area contributed by atoms with Crippen LogP contribution in [-0.4, -0.2) is 34.7 Å². The Bertz CT molecular complexity index is 1090. The molecule has 34 heavy (non-hydrogen) atoms. The van der Waals surface area contributed by atoms with Crippen molar-refractivity contribution in [2.45, 2.75) is 70.9 Å². The molecule has 1 atom stereocenters. The van der Waals surface area contributed by atoms with Crippen LogP contribution in [0.5, 0.6) is 0 Å². The van der Waals surface area contributed by atoms with Crippen molar-refractivity contribution in [1.29, 1.82) is 0 Å². The van der Waals surface area contributed by atoms with Crippen molar-refractivity contribution in [3.63, 3.8) is 0 Å². The molecule has 2 amide bonds. The standard InChI is InChI=1S/C28H37N3O3/c1-5-27(2,3)34-26(33)31-28(4,19-22-20-30-24-17-10-9-16-23(22)24)25(32)29-18-12-11-15-21-13-7-6-8-14-21/h6-10,13-14,16-17,20,30H,5,11-12,15,18-19H2,1-4H3,(H,29,32)(H,31,33). The van der Waals surface area contributed by atoms with E-state index in [4.69, 9.17) is 4.74 Å². The maximum Gasteiger partial charge on any atom is 0.408 e. The van der Waals surface area contributed by atoms with Crippen LogP contribution in [-0.2, 0) is 22.4 Å². The van der Waals surface area contributed by atoms with E-state index in [2.05, 4.69) is 27.8 Å². The number of unbranched alkanes of at least 4 members (excludes halogenated alkanes) is 1. The number of hydrogen-bond acceptors (Lipinski definition) is 3. The molecule has 3 aromatic rings. The second kappa shape index (κ2) is 11.2. The summed E-state index contributed by atoms with van der Waals surface area (Å²) in [5, 5.41) is 6.93. The maximum absolute atomic E-state index is 13.3. The zero-order valence-corrected chi connectivity index (χ0v) is 20.7. The van der Waals surface area contributed by atoms with E-state index in [1.807, 2.05) is 69.4 Å². The van der Waals surface area contributed by atoms with Crippen molar-refractivity contribution >= 4 is 22.9 Å². The van der Waals surface area contributed by atoms with Crippen molar-refractivity contribution in [3.8, 4) is 0 Å². The molecule has 0 spiro atoms. The van der Waals surface area contributed by atoms with Gasteiger partial charge in [0.2, 0.25) is 5.91 Å². The maximum atomic E-state index is 13.3. The first-order valence-corrected chi connectivity index (χ1v) is 12.1. The molecule has 0 aliphatic rings. The van der Waals surface area contributed by atoms with Gasteiger partial charge in [0.15, 0.2) is 0 Å². The number of fused-ring (bicyclic) bond motifs is 1. The van der Waals surface area contributed by atoms with E-state index < -0.39 is 17.2 Å². The predicted molar refractivity (Wildman–Crippen MR) is 137 cm³/mol. The zero-order chi connectivity index (χ0) is 24.6. The molecule has 182 valence electrons. The number of nitrogens with one attached hydrogen (secondary N) is 3. The Labute approximate surface area is 202 Å². The minimum Gasteiger partial charge on any atom is -0.444 e. The van der Waals surface area contributed by atoms with Crippen LogP contribution in [0.3, 0.4) is 0 Å². The summed E-state index contributed by atoms with van der Waals surface area (Å²) in [4.78, 5) is 29.3. The minimum absolute atomic E-state index is 0.219. The highest BCUT2D eigenvalue weighted by molar-refractivity contribution is 5.91. The molecule has 1 unspecified atom stereocenters. The lowest BCUT2D eigenvalue weighted by Gasteiger charge is -2.32. The summed E-state index contributed by atoms with van der Waals surface area (Å²) >= 11 is 0. The van der Waals surface area contributed by atoms with Crippen molar-refractivity contribution in [2.24, 2.45) is 0 Å². The average molecular weight is 464 g/mol. The van der Waals surface area contributed by atoms with Crippen molar-refractivity contribution in [1.82, 2.24) is 15.6 Å². The summed E-state index contributed by atoms with van der Waals surface area (Å²) in [6.45, 7) is 7.98. The quantitative estimate of drug-likeness (QED) is 0.327. The van der Waals surface area contributed by atoms with Crippen LogP contribution in [0.15, 0.2) is 60.8 Å². The zero-order valence-electron chi connectivity index (χ0n) is 20.7. The van der Waals surface area contributed by atoms with Crippen LogP contribution in [0, 0.1) is 0 Å². The van der Waals surface area contributed by atoms with E-state index in [1.54, 1.807) is 6.92 Å². The third-order valence-corrected chi connectivity index (χ3v) is 6.34. The van der Waals surface area contributed by atoms with Gasteiger partial charge in [0.25, 0.3) is 0 Å². The molecule has 3 N–H and O–H groups in total. The Balaban J connectivity index is 1.67. The third-order valence-electron chi connectivity index (χ3n) is 6.34. The summed E-state index contributed by atoms with van der Waals surface area (Å²) in [5.41, 5.74) is 1.48. The van der Waals surface area contributed by atoms with Crippen LogP contribution in [0.4, 0.5) is 4.79 Å². The van der Waals surface area contributed by atoms with E-state index in [1.165, 1.54) is 5.56 Å². The van der Waals surface area contributed by atoms with Crippen molar-refractivity contribution in [3.05, 3.63) is 71.9 Å². The molecule has 0 saturated heterocycles. The Morgan fingerprint density at radius 2 is 1.68 bits per heavy atom. The fourth-order valence-electron chi connectivity index (χ4n) is 3.91. The Morgan fingerprint density at radius 1 is 0.971 bits per heavy atom. The third kappa shape index (κ3) is 6.86. The molecule has 0 fully saturated rings. The smallest absolute Gasteiger partial charge is 0.408 e. The predicted octanol–water partition coefficient (Wildman–Crippen LogP) is 5.52. The fourth-order valence-corrected chi connectivity index (χ4v) is 3.91. The van der Waals surface area contributed by atoms with Gasteiger partial charge in [-0.05, 0) is 63.6 Å². The molecule has 0 saturated carbocycles. The molecule has 6 heteroatoms. The number of ether oxygens (including phenoxy) is 1. The highest BCUT2D eigenvalue weighted by Gasteiger charge is 2.37. The molecule has 2 aromatic carbocycles. The topological polar surface area (TPSA) is 83.2 Å². The van der Waals surface area contributed by atoms with Gasteiger partial charge in [-0.3, -0.25) is 4.79 Å². The minimum atomic E-state index is -1.16. The number of aromatic nitrogens is 1. The highest BCUT2D eigenvalue weighted by atomic mass is 16.6. The highest BCUT2D eigenvalue weighted by Crippen LogP contribution is 2.24. The molecule has 0 aliphatic carbocycles. The van der Waals surface area contributed by atoms with Gasteiger partial charge in [0.05, 0.1) is 0 Å².